The fourth-order valence-corrected chi connectivity index (χ4v) is 3.67. The first kappa shape index (κ1) is 18.1. The average molecular weight is 380 g/mol. The summed E-state index contributed by atoms with van der Waals surface area (Å²) >= 11 is 3.11. The maximum atomic E-state index is 4.57. The van der Waals surface area contributed by atoms with Crippen LogP contribution in [0.15, 0.2) is 21.4 Å². The van der Waals surface area contributed by atoms with E-state index in [1.54, 1.807) is 21.0 Å². The van der Waals surface area contributed by atoms with Crippen LogP contribution in [0.5, 0.6) is 0 Å². The van der Waals surface area contributed by atoms with Gasteiger partial charge in [0.15, 0.2) is 0 Å². The number of nitrogens with zero attached hydrogens (tertiary/aromatic N) is 9. The van der Waals surface area contributed by atoms with Gasteiger partial charge < -0.3 is 4.90 Å². The number of aromatic nitrogens is 8. The third kappa shape index (κ3) is 4.47. The highest BCUT2D eigenvalue weighted by Gasteiger charge is 2.15. The van der Waals surface area contributed by atoms with E-state index in [1.165, 1.54) is 11.8 Å². The molecule has 9 nitrogen and oxygen atoms in total. The first-order chi connectivity index (χ1) is 12.1. The quantitative estimate of drug-likeness (QED) is 0.428. The lowest BCUT2D eigenvalue weighted by molar-refractivity contribution is 0.361. The lowest BCUT2D eigenvalue weighted by Gasteiger charge is -2.10. The zero-order chi connectivity index (χ0) is 17.8. The molecule has 0 atom stereocenters. The van der Waals surface area contributed by atoms with Crippen molar-refractivity contribution in [1.29, 1.82) is 0 Å². The molecule has 11 heteroatoms. The maximum absolute atomic E-state index is 4.57. The van der Waals surface area contributed by atoms with Gasteiger partial charge in [-0.25, -0.2) is 9.67 Å². The first-order valence-electron chi connectivity index (χ1n) is 8.02. The summed E-state index contributed by atoms with van der Waals surface area (Å²) in [5.74, 6) is 1.59. The largest absolute Gasteiger partial charge is 0.308 e. The highest BCUT2D eigenvalue weighted by molar-refractivity contribution is 7.99. The molecule has 0 radical (unpaired) electrons. The molecule has 0 aliphatic rings. The van der Waals surface area contributed by atoms with Gasteiger partial charge in [0.25, 0.3) is 5.78 Å². The second kappa shape index (κ2) is 8.11. The molecule has 25 heavy (non-hydrogen) atoms. The van der Waals surface area contributed by atoms with Crippen LogP contribution in [0.25, 0.3) is 5.78 Å². The van der Waals surface area contributed by atoms with Gasteiger partial charge in [-0.3, -0.25) is 0 Å². The van der Waals surface area contributed by atoms with E-state index in [4.69, 9.17) is 0 Å². The third-order valence-corrected chi connectivity index (χ3v) is 5.30. The number of tetrazole rings is 1. The number of hydrogen-bond acceptors (Lipinski definition) is 9. The Morgan fingerprint density at radius 2 is 2.08 bits per heavy atom. The molecule has 0 bridgehead atoms. The predicted molar refractivity (Wildman–Crippen MR) is 97.0 cm³/mol. The Balaban J connectivity index is 1.88. The average Bonchev–Trinajstić information content (AvgIpc) is 3.17. The normalized spacial score (nSPS) is 11.7. The van der Waals surface area contributed by atoms with Crippen molar-refractivity contribution >= 4 is 29.3 Å². The summed E-state index contributed by atoms with van der Waals surface area (Å²) in [7, 11) is 4.05. The molecule has 134 valence electrons. The summed E-state index contributed by atoms with van der Waals surface area (Å²) in [6.45, 7) is 5.68. The van der Waals surface area contributed by atoms with E-state index in [-0.39, 0.29) is 0 Å². The molecule has 0 saturated heterocycles. The van der Waals surface area contributed by atoms with Crippen LogP contribution in [0.4, 0.5) is 0 Å². The van der Waals surface area contributed by atoms with Gasteiger partial charge in [0, 0.05) is 18.0 Å². The minimum absolute atomic E-state index is 0.605. The molecule has 3 heterocycles. The summed E-state index contributed by atoms with van der Waals surface area (Å²) in [5.41, 5.74) is 0.891. The molecule has 0 aromatic carbocycles. The van der Waals surface area contributed by atoms with E-state index in [1.807, 2.05) is 27.1 Å². The van der Waals surface area contributed by atoms with Crippen LogP contribution in [0.1, 0.15) is 19.0 Å². The minimum Gasteiger partial charge on any atom is -0.308 e. The number of likely N-dealkylation sites (N-methyl/N-ethyl adjacent to an activating group) is 1. The van der Waals surface area contributed by atoms with E-state index >= 15 is 0 Å². The standard InChI is InChI=1S/C14H21N9S2/c1-5-8-24-13-16-12-15-10(2)9-11(23(12)18-13)25-14-17-19-20-22(14)7-6-21(3)4/h9H,5-8H2,1-4H3. The molecule has 0 fully saturated rings. The Labute approximate surface area is 154 Å². The lowest BCUT2D eigenvalue weighted by atomic mass is 10.5. The van der Waals surface area contributed by atoms with Gasteiger partial charge in [0.2, 0.25) is 10.3 Å². The lowest BCUT2D eigenvalue weighted by Crippen LogP contribution is -2.19. The Kier molecular flexibility index (Phi) is 5.86. The van der Waals surface area contributed by atoms with Gasteiger partial charge in [0.1, 0.15) is 5.03 Å². The van der Waals surface area contributed by atoms with Crippen molar-refractivity contribution in [3.63, 3.8) is 0 Å². The molecule has 0 spiro atoms. The van der Waals surface area contributed by atoms with Crippen molar-refractivity contribution in [1.82, 2.24) is 44.7 Å². The summed E-state index contributed by atoms with van der Waals surface area (Å²) in [5, 5.41) is 19.0. The van der Waals surface area contributed by atoms with Crippen molar-refractivity contribution in [2.75, 3.05) is 26.4 Å². The van der Waals surface area contributed by atoms with E-state index < -0.39 is 0 Å². The Hall–Kier alpha value is -1.72. The van der Waals surface area contributed by atoms with Crippen molar-refractivity contribution < 1.29 is 0 Å². The summed E-state index contributed by atoms with van der Waals surface area (Å²) in [6, 6.07) is 1.98. The fraction of sp³-hybridized carbons (Fsp3) is 0.571. The summed E-state index contributed by atoms with van der Waals surface area (Å²) in [6.07, 6.45) is 1.08. The second-order valence-corrected chi connectivity index (χ2v) is 7.83. The van der Waals surface area contributed by atoms with Gasteiger partial charge in [-0.15, -0.1) is 10.2 Å². The van der Waals surface area contributed by atoms with Gasteiger partial charge in [0.05, 0.1) is 6.54 Å². The van der Waals surface area contributed by atoms with Gasteiger partial charge in [-0.1, -0.05) is 18.7 Å². The van der Waals surface area contributed by atoms with Crippen LogP contribution >= 0.6 is 23.5 Å². The molecule has 0 aliphatic heterocycles. The number of thioether (sulfide) groups is 1. The van der Waals surface area contributed by atoms with Crippen molar-refractivity contribution in [3.8, 4) is 0 Å². The predicted octanol–water partition coefficient (Wildman–Crippen LogP) is 1.63. The van der Waals surface area contributed by atoms with E-state index in [9.17, 15) is 0 Å². The van der Waals surface area contributed by atoms with Gasteiger partial charge in [-0.05, 0) is 55.7 Å². The Morgan fingerprint density at radius 3 is 2.84 bits per heavy atom. The van der Waals surface area contributed by atoms with Gasteiger partial charge in [-0.2, -0.15) is 9.50 Å². The van der Waals surface area contributed by atoms with Crippen LogP contribution < -0.4 is 0 Å². The molecule has 0 amide bonds. The molecule has 3 rings (SSSR count). The molecular formula is C14H21N9S2. The van der Waals surface area contributed by atoms with E-state index in [0.717, 1.165) is 46.3 Å². The fourth-order valence-electron chi connectivity index (χ4n) is 2.06. The highest BCUT2D eigenvalue weighted by atomic mass is 32.2. The number of fused-ring (bicyclic) bond motifs is 1. The second-order valence-electron chi connectivity index (χ2n) is 5.78. The first-order valence-corrected chi connectivity index (χ1v) is 9.83. The van der Waals surface area contributed by atoms with E-state index in [0.29, 0.717) is 5.78 Å². The monoisotopic (exact) mass is 379 g/mol. The molecule has 0 saturated carbocycles. The maximum Gasteiger partial charge on any atom is 0.254 e. The highest BCUT2D eigenvalue weighted by Crippen LogP contribution is 2.27. The molecule has 3 aromatic heterocycles. The smallest absolute Gasteiger partial charge is 0.254 e. The van der Waals surface area contributed by atoms with Gasteiger partial charge >= 0.3 is 0 Å². The van der Waals surface area contributed by atoms with Crippen LogP contribution in [0, 0.1) is 6.92 Å². The van der Waals surface area contributed by atoms with Crippen LogP contribution in [0.2, 0.25) is 0 Å². The zero-order valence-corrected chi connectivity index (χ0v) is 16.4. The SMILES string of the molecule is CCCSc1nc2nc(C)cc(Sc3nnnn3CCN(C)C)n2n1. The van der Waals surface area contributed by atoms with Crippen LogP contribution in [-0.2, 0) is 6.54 Å². The molecule has 0 unspecified atom stereocenters. The minimum atomic E-state index is 0.605. The number of aryl methyl sites for hydroxylation is 1. The van der Waals surface area contributed by atoms with Crippen molar-refractivity contribution in [2.24, 2.45) is 0 Å². The summed E-state index contributed by atoms with van der Waals surface area (Å²) < 4.78 is 3.57. The van der Waals surface area contributed by atoms with Crippen LogP contribution in [-0.4, -0.2) is 71.1 Å². The number of hydrogen-bond donors (Lipinski definition) is 0. The molecule has 0 N–H and O–H groups in total. The Bertz CT molecular complexity index is 842. The third-order valence-electron chi connectivity index (χ3n) is 3.28. The van der Waals surface area contributed by atoms with E-state index in [2.05, 4.69) is 42.4 Å². The molecule has 3 aromatic rings. The zero-order valence-electron chi connectivity index (χ0n) is 14.7. The number of rotatable bonds is 8. The Morgan fingerprint density at radius 1 is 1.24 bits per heavy atom. The van der Waals surface area contributed by atoms with Crippen LogP contribution in [0.3, 0.4) is 0 Å². The molecular weight excluding hydrogens is 358 g/mol. The topological polar surface area (TPSA) is 89.9 Å². The summed E-state index contributed by atoms with van der Waals surface area (Å²) in [4.78, 5) is 11.1. The van der Waals surface area contributed by atoms with Crippen molar-refractivity contribution in [3.05, 3.63) is 11.8 Å². The van der Waals surface area contributed by atoms with Crippen molar-refractivity contribution in [2.45, 2.75) is 42.2 Å². The molecule has 0 aliphatic carbocycles.